The summed E-state index contributed by atoms with van der Waals surface area (Å²) in [6, 6.07) is -0.0285. The number of carbonyl (C=O) groups excluding carboxylic acids is 1. The number of rotatable bonds is 3. The Morgan fingerprint density at radius 1 is 1.69 bits per heavy atom. The molecule has 1 fully saturated rings. The fraction of sp³-hybridized carbons (Fsp3) is 0.636. The summed E-state index contributed by atoms with van der Waals surface area (Å²) in [5.41, 5.74) is -0.379. The molecule has 0 saturated carbocycles. The number of aromatic nitrogens is 1. The summed E-state index contributed by atoms with van der Waals surface area (Å²) in [5.74, 6) is 0.0812. The molecule has 1 atom stereocenters. The lowest BCUT2D eigenvalue weighted by atomic mass is 10.1. The third-order valence-electron chi connectivity index (χ3n) is 2.78. The summed E-state index contributed by atoms with van der Waals surface area (Å²) in [5, 5.41) is 9.11. The van der Waals surface area contributed by atoms with E-state index in [1.165, 1.54) is 0 Å². The topological polar surface area (TPSA) is 54.0 Å². The highest BCUT2D eigenvalue weighted by atomic mass is 32.1. The van der Waals surface area contributed by atoms with Crippen LogP contribution in [0.3, 0.4) is 0 Å². The highest BCUT2D eigenvalue weighted by molar-refractivity contribution is 7.09. The Hall–Kier alpha value is -0.940. The van der Waals surface area contributed by atoms with Crippen molar-refractivity contribution in [3.63, 3.8) is 0 Å². The van der Waals surface area contributed by atoms with Crippen LogP contribution in [-0.4, -0.2) is 23.5 Å². The molecule has 2 N–H and O–H groups in total. The molecule has 1 aromatic rings. The Labute approximate surface area is 99.5 Å². The fourth-order valence-electron chi connectivity index (χ4n) is 1.89. The van der Waals surface area contributed by atoms with Crippen molar-refractivity contribution >= 4 is 17.2 Å². The molecule has 1 aromatic heterocycles. The average Bonchev–Trinajstić information content (AvgIpc) is 2.91. The van der Waals surface area contributed by atoms with Gasteiger partial charge >= 0.3 is 0 Å². The van der Waals surface area contributed by atoms with Crippen LogP contribution in [0.5, 0.6) is 0 Å². The van der Waals surface area contributed by atoms with E-state index in [-0.39, 0.29) is 17.5 Å². The molecule has 0 bridgehead atoms. The van der Waals surface area contributed by atoms with Gasteiger partial charge in [-0.2, -0.15) is 0 Å². The fourth-order valence-corrected chi connectivity index (χ4v) is 2.61. The van der Waals surface area contributed by atoms with Crippen LogP contribution in [-0.2, 0) is 10.3 Å². The van der Waals surface area contributed by atoms with Crippen LogP contribution in [0.1, 0.15) is 31.7 Å². The second-order valence-corrected chi connectivity index (χ2v) is 5.50. The molecular formula is C11H17N3OS. The second kappa shape index (κ2) is 4.51. The smallest absolute Gasteiger partial charge is 0.237 e. The minimum atomic E-state index is -0.379. The third-order valence-corrected chi connectivity index (χ3v) is 3.88. The first-order valence-corrected chi connectivity index (χ1v) is 6.43. The molecule has 0 spiro atoms. The zero-order valence-corrected chi connectivity index (χ0v) is 10.4. The standard InChI is InChI=1S/C11H17N3OS/c1-11(2,10-13-6-7-16-10)14-9(15)8-4-3-5-12-8/h6-8,12H,3-5H2,1-2H3,(H,14,15)/t8-/m0/s1. The van der Waals surface area contributed by atoms with Gasteiger partial charge in [0.25, 0.3) is 0 Å². The van der Waals surface area contributed by atoms with Crippen molar-refractivity contribution in [2.75, 3.05) is 6.54 Å². The van der Waals surface area contributed by atoms with Crippen molar-refractivity contribution in [1.29, 1.82) is 0 Å². The average molecular weight is 239 g/mol. The lowest BCUT2D eigenvalue weighted by Crippen LogP contribution is -2.48. The summed E-state index contributed by atoms with van der Waals surface area (Å²) in [4.78, 5) is 16.2. The minimum Gasteiger partial charge on any atom is -0.343 e. The molecule has 5 heteroatoms. The van der Waals surface area contributed by atoms with E-state index in [1.54, 1.807) is 17.5 Å². The summed E-state index contributed by atoms with van der Waals surface area (Å²) in [6.07, 6.45) is 3.78. The Bertz CT molecular complexity index is 355. The normalized spacial score (nSPS) is 21.0. The number of nitrogens with zero attached hydrogens (tertiary/aromatic N) is 1. The number of hydrogen-bond acceptors (Lipinski definition) is 4. The quantitative estimate of drug-likeness (QED) is 0.834. The number of thiazole rings is 1. The maximum Gasteiger partial charge on any atom is 0.237 e. The molecule has 16 heavy (non-hydrogen) atoms. The van der Waals surface area contributed by atoms with Crippen molar-refractivity contribution < 1.29 is 4.79 Å². The molecule has 2 heterocycles. The largest absolute Gasteiger partial charge is 0.343 e. The molecule has 1 saturated heterocycles. The van der Waals surface area contributed by atoms with Crippen molar-refractivity contribution in [3.05, 3.63) is 16.6 Å². The summed E-state index contributed by atoms with van der Waals surface area (Å²) in [7, 11) is 0. The Morgan fingerprint density at radius 2 is 2.50 bits per heavy atom. The van der Waals surface area contributed by atoms with Crippen LogP contribution in [0.4, 0.5) is 0 Å². The maximum atomic E-state index is 12.0. The molecule has 2 rings (SSSR count). The SMILES string of the molecule is CC(C)(NC(=O)[C@@H]1CCCN1)c1nccs1. The lowest BCUT2D eigenvalue weighted by Gasteiger charge is -2.25. The first-order chi connectivity index (χ1) is 7.59. The van der Waals surface area contributed by atoms with Gasteiger partial charge in [-0.05, 0) is 33.2 Å². The summed E-state index contributed by atoms with van der Waals surface area (Å²) < 4.78 is 0. The lowest BCUT2D eigenvalue weighted by molar-refractivity contribution is -0.124. The zero-order chi connectivity index (χ0) is 11.6. The highest BCUT2D eigenvalue weighted by Crippen LogP contribution is 2.22. The van der Waals surface area contributed by atoms with E-state index >= 15 is 0 Å². The Morgan fingerprint density at radius 3 is 3.06 bits per heavy atom. The van der Waals surface area contributed by atoms with Gasteiger partial charge in [-0.3, -0.25) is 4.79 Å². The van der Waals surface area contributed by atoms with E-state index in [2.05, 4.69) is 15.6 Å². The summed E-state index contributed by atoms with van der Waals surface area (Å²) in [6.45, 7) is 4.91. The molecule has 88 valence electrons. The second-order valence-electron chi connectivity index (χ2n) is 4.60. The van der Waals surface area contributed by atoms with Crippen molar-refractivity contribution in [2.45, 2.75) is 38.3 Å². The molecular weight excluding hydrogens is 222 g/mol. The van der Waals surface area contributed by atoms with Gasteiger partial charge in [0, 0.05) is 11.6 Å². The zero-order valence-electron chi connectivity index (χ0n) is 9.62. The van der Waals surface area contributed by atoms with Gasteiger partial charge in [-0.15, -0.1) is 11.3 Å². The van der Waals surface area contributed by atoms with Crippen LogP contribution in [0, 0.1) is 0 Å². The van der Waals surface area contributed by atoms with Crippen LogP contribution in [0.2, 0.25) is 0 Å². The first-order valence-electron chi connectivity index (χ1n) is 5.55. The minimum absolute atomic E-state index is 0.0285. The van der Waals surface area contributed by atoms with Gasteiger partial charge in [-0.25, -0.2) is 4.98 Å². The Balaban J connectivity index is 2.00. The van der Waals surface area contributed by atoms with Gasteiger partial charge < -0.3 is 10.6 Å². The number of hydrogen-bond donors (Lipinski definition) is 2. The number of amides is 1. The molecule has 4 nitrogen and oxygen atoms in total. The molecule has 0 unspecified atom stereocenters. The van der Waals surface area contributed by atoms with Crippen molar-refractivity contribution in [3.8, 4) is 0 Å². The predicted molar refractivity (Wildman–Crippen MR) is 64.3 cm³/mol. The molecule has 1 amide bonds. The van der Waals surface area contributed by atoms with Gasteiger partial charge in [-0.1, -0.05) is 0 Å². The van der Waals surface area contributed by atoms with Gasteiger partial charge in [0.1, 0.15) is 5.01 Å². The predicted octanol–water partition coefficient (Wildman–Crippen LogP) is 1.25. The maximum absolute atomic E-state index is 12.0. The van der Waals surface area contributed by atoms with Crippen LogP contribution < -0.4 is 10.6 Å². The Kier molecular flexibility index (Phi) is 3.25. The third kappa shape index (κ3) is 2.41. The molecule has 0 aliphatic carbocycles. The number of nitrogens with one attached hydrogen (secondary N) is 2. The van der Waals surface area contributed by atoms with E-state index in [9.17, 15) is 4.79 Å². The van der Waals surface area contributed by atoms with Crippen LogP contribution >= 0.6 is 11.3 Å². The van der Waals surface area contributed by atoms with E-state index < -0.39 is 0 Å². The van der Waals surface area contributed by atoms with E-state index in [4.69, 9.17) is 0 Å². The van der Waals surface area contributed by atoms with Gasteiger partial charge in [0.05, 0.1) is 11.6 Å². The summed E-state index contributed by atoms with van der Waals surface area (Å²) >= 11 is 1.57. The van der Waals surface area contributed by atoms with E-state index in [1.807, 2.05) is 19.2 Å². The highest BCUT2D eigenvalue weighted by Gasteiger charge is 2.30. The number of carbonyl (C=O) groups is 1. The van der Waals surface area contributed by atoms with Gasteiger partial charge in [0.15, 0.2) is 0 Å². The molecule has 0 aromatic carbocycles. The molecule has 1 aliphatic heterocycles. The van der Waals surface area contributed by atoms with Crippen LogP contribution in [0.25, 0.3) is 0 Å². The van der Waals surface area contributed by atoms with E-state index in [0.717, 1.165) is 24.4 Å². The molecule has 1 aliphatic rings. The van der Waals surface area contributed by atoms with Crippen molar-refractivity contribution in [1.82, 2.24) is 15.6 Å². The van der Waals surface area contributed by atoms with Crippen molar-refractivity contribution in [2.24, 2.45) is 0 Å². The van der Waals surface area contributed by atoms with E-state index in [0.29, 0.717) is 0 Å². The van der Waals surface area contributed by atoms with Gasteiger partial charge in [0.2, 0.25) is 5.91 Å². The molecule has 0 radical (unpaired) electrons. The monoisotopic (exact) mass is 239 g/mol. The van der Waals surface area contributed by atoms with Crippen LogP contribution in [0.15, 0.2) is 11.6 Å². The first kappa shape index (κ1) is 11.5.